The molecule has 0 aliphatic carbocycles. The Morgan fingerprint density at radius 2 is 1.53 bits per heavy atom. The van der Waals surface area contributed by atoms with Gasteiger partial charge >= 0.3 is 6.09 Å². The van der Waals surface area contributed by atoms with Crippen molar-refractivity contribution < 1.29 is 9.53 Å². The van der Waals surface area contributed by atoms with Gasteiger partial charge in [-0.2, -0.15) is 0 Å². The molecule has 5 nitrogen and oxygen atoms in total. The third-order valence-electron chi connectivity index (χ3n) is 4.45. The summed E-state index contributed by atoms with van der Waals surface area (Å²) in [6, 6.07) is 28.9. The molecule has 0 saturated carbocycles. The van der Waals surface area contributed by atoms with E-state index in [-0.39, 0.29) is 18.6 Å². The van der Waals surface area contributed by atoms with Crippen LogP contribution in [0.15, 0.2) is 102 Å². The minimum atomic E-state index is -0.642. The molecule has 152 valence electrons. The van der Waals surface area contributed by atoms with Crippen molar-refractivity contribution in [3.63, 3.8) is 0 Å². The Morgan fingerprint density at radius 1 is 0.967 bits per heavy atom. The maximum absolute atomic E-state index is 12.1. The molecule has 0 heterocycles. The van der Waals surface area contributed by atoms with E-state index in [1.54, 1.807) is 0 Å². The Morgan fingerprint density at radius 3 is 2.17 bits per heavy atom. The summed E-state index contributed by atoms with van der Waals surface area (Å²) in [5.41, 5.74) is 9.96. The van der Waals surface area contributed by atoms with Crippen molar-refractivity contribution in [3.05, 3.63) is 113 Å². The number of aliphatic imine (C=N–C) groups is 1. The molecule has 0 aliphatic heterocycles. The molecule has 1 unspecified atom stereocenters. The summed E-state index contributed by atoms with van der Waals surface area (Å²) in [5.74, 6) is 0.00252. The van der Waals surface area contributed by atoms with Gasteiger partial charge in [0.1, 0.15) is 6.61 Å². The van der Waals surface area contributed by atoms with Gasteiger partial charge in [0.15, 0.2) is 5.96 Å². The van der Waals surface area contributed by atoms with E-state index >= 15 is 0 Å². The number of nitrogens with zero attached hydrogens (tertiary/aromatic N) is 1. The number of carbonyl (C=O) groups is 1. The van der Waals surface area contributed by atoms with Crippen LogP contribution in [-0.2, 0) is 11.3 Å². The Kier molecular flexibility index (Phi) is 7.39. The van der Waals surface area contributed by atoms with E-state index in [9.17, 15) is 4.79 Å². The number of nitrogens with one attached hydrogen (secondary N) is 1. The number of carbonyl (C=O) groups excluding carboxylic acids is 1. The maximum Gasteiger partial charge on any atom is 0.414 e. The molecule has 0 bridgehead atoms. The van der Waals surface area contributed by atoms with Crippen LogP contribution in [0.2, 0.25) is 0 Å². The van der Waals surface area contributed by atoms with Crippen LogP contribution in [0, 0.1) is 0 Å². The SMILES string of the molecule is C/C(=C\c1ccccc1)C(N=C(N)NC(=O)OCc1ccccc1)c1ccccc1. The first-order valence-electron chi connectivity index (χ1n) is 9.71. The molecule has 5 heteroatoms. The molecular weight excluding hydrogens is 374 g/mol. The Hall–Kier alpha value is -3.86. The van der Waals surface area contributed by atoms with E-state index in [1.807, 2.05) is 97.9 Å². The van der Waals surface area contributed by atoms with Gasteiger partial charge in [-0.15, -0.1) is 0 Å². The van der Waals surface area contributed by atoms with Gasteiger partial charge in [0, 0.05) is 0 Å². The zero-order chi connectivity index (χ0) is 21.2. The summed E-state index contributed by atoms with van der Waals surface area (Å²) in [7, 11) is 0. The molecule has 1 atom stereocenters. The highest BCUT2D eigenvalue weighted by Crippen LogP contribution is 2.27. The summed E-state index contributed by atoms with van der Waals surface area (Å²) < 4.78 is 5.22. The molecule has 3 N–H and O–H groups in total. The Balaban J connectivity index is 1.73. The van der Waals surface area contributed by atoms with Crippen molar-refractivity contribution >= 4 is 18.1 Å². The molecule has 3 rings (SSSR count). The number of hydrogen-bond acceptors (Lipinski definition) is 3. The predicted octanol–water partition coefficient (Wildman–Crippen LogP) is 5.07. The van der Waals surface area contributed by atoms with Crippen molar-refractivity contribution in [2.75, 3.05) is 0 Å². The first-order chi connectivity index (χ1) is 14.6. The first kappa shape index (κ1) is 20.9. The van der Waals surface area contributed by atoms with Crippen LogP contribution in [-0.4, -0.2) is 12.1 Å². The lowest BCUT2D eigenvalue weighted by molar-refractivity contribution is 0.145. The number of amides is 1. The largest absolute Gasteiger partial charge is 0.444 e. The molecule has 0 spiro atoms. The number of nitrogens with two attached hydrogens (primary N) is 1. The van der Waals surface area contributed by atoms with Crippen molar-refractivity contribution in [1.29, 1.82) is 0 Å². The Bertz CT molecular complexity index is 1000. The van der Waals surface area contributed by atoms with Crippen LogP contribution in [0.3, 0.4) is 0 Å². The fraction of sp³-hybridized carbons (Fsp3) is 0.120. The minimum absolute atomic E-state index is 0.00252. The monoisotopic (exact) mass is 399 g/mol. The van der Waals surface area contributed by atoms with Gasteiger partial charge < -0.3 is 10.5 Å². The van der Waals surface area contributed by atoms with Gasteiger partial charge in [0.25, 0.3) is 0 Å². The van der Waals surface area contributed by atoms with E-state index in [1.165, 1.54) is 0 Å². The molecule has 0 saturated heterocycles. The zero-order valence-corrected chi connectivity index (χ0v) is 16.9. The lowest BCUT2D eigenvalue weighted by atomic mass is 9.98. The lowest BCUT2D eigenvalue weighted by Crippen LogP contribution is -2.37. The van der Waals surface area contributed by atoms with E-state index in [0.29, 0.717) is 0 Å². The molecule has 0 fully saturated rings. The molecular formula is C25H25N3O2. The van der Waals surface area contributed by atoms with E-state index in [2.05, 4.69) is 16.4 Å². The van der Waals surface area contributed by atoms with Gasteiger partial charge in [-0.05, 0) is 29.2 Å². The van der Waals surface area contributed by atoms with Crippen molar-refractivity contribution in [3.8, 4) is 0 Å². The zero-order valence-electron chi connectivity index (χ0n) is 16.9. The van der Waals surface area contributed by atoms with Gasteiger partial charge in [0.2, 0.25) is 0 Å². The fourth-order valence-corrected chi connectivity index (χ4v) is 3.00. The van der Waals surface area contributed by atoms with Crippen LogP contribution in [0.4, 0.5) is 4.79 Å². The summed E-state index contributed by atoms with van der Waals surface area (Å²) in [5, 5.41) is 2.51. The molecule has 3 aromatic rings. The maximum atomic E-state index is 12.1. The van der Waals surface area contributed by atoms with Gasteiger partial charge in [-0.25, -0.2) is 9.79 Å². The van der Waals surface area contributed by atoms with E-state index < -0.39 is 6.09 Å². The highest BCUT2D eigenvalue weighted by Gasteiger charge is 2.14. The van der Waals surface area contributed by atoms with Crippen LogP contribution < -0.4 is 11.1 Å². The highest BCUT2D eigenvalue weighted by molar-refractivity contribution is 5.93. The molecule has 0 aliphatic rings. The summed E-state index contributed by atoms with van der Waals surface area (Å²) in [6.45, 7) is 2.16. The molecule has 3 aromatic carbocycles. The smallest absolute Gasteiger partial charge is 0.414 e. The van der Waals surface area contributed by atoms with Crippen LogP contribution in [0.25, 0.3) is 6.08 Å². The van der Waals surface area contributed by atoms with Crippen LogP contribution >= 0.6 is 0 Å². The highest BCUT2D eigenvalue weighted by atomic mass is 16.5. The Labute approximate surface area is 176 Å². The molecule has 30 heavy (non-hydrogen) atoms. The first-order valence-corrected chi connectivity index (χ1v) is 9.71. The summed E-state index contributed by atoms with van der Waals surface area (Å²) in [4.78, 5) is 16.6. The van der Waals surface area contributed by atoms with Crippen molar-refractivity contribution in [1.82, 2.24) is 5.32 Å². The van der Waals surface area contributed by atoms with E-state index in [0.717, 1.165) is 22.3 Å². The lowest BCUT2D eigenvalue weighted by Gasteiger charge is -2.16. The quantitative estimate of drug-likeness (QED) is 0.449. The second-order valence-corrected chi connectivity index (χ2v) is 6.81. The number of benzene rings is 3. The summed E-state index contributed by atoms with van der Waals surface area (Å²) in [6.07, 6.45) is 1.42. The van der Waals surface area contributed by atoms with Crippen molar-refractivity contribution in [2.24, 2.45) is 10.7 Å². The third kappa shape index (κ3) is 6.34. The second-order valence-electron chi connectivity index (χ2n) is 6.81. The fourth-order valence-electron chi connectivity index (χ4n) is 3.00. The number of hydrogen-bond donors (Lipinski definition) is 2. The molecule has 0 radical (unpaired) electrons. The number of rotatable bonds is 6. The average molecular weight is 399 g/mol. The topological polar surface area (TPSA) is 76.7 Å². The van der Waals surface area contributed by atoms with Crippen LogP contribution in [0.5, 0.6) is 0 Å². The average Bonchev–Trinajstić information content (AvgIpc) is 2.78. The minimum Gasteiger partial charge on any atom is -0.444 e. The standard InChI is InChI=1S/C25H25N3O2/c1-19(17-20-11-5-2-6-12-20)23(22-15-9-4-10-16-22)27-24(26)28-25(29)30-18-21-13-7-3-8-14-21/h2-17,23H,18H2,1H3,(H3,26,27,28,29)/b19-17+. The summed E-state index contributed by atoms with van der Waals surface area (Å²) >= 11 is 0. The second kappa shape index (κ2) is 10.6. The molecule has 1 amide bonds. The van der Waals surface area contributed by atoms with E-state index in [4.69, 9.17) is 10.5 Å². The predicted molar refractivity (Wildman–Crippen MR) is 121 cm³/mol. The van der Waals surface area contributed by atoms with Crippen molar-refractivity contribution in [2.45, 2.75) is 19.6 Å². The van der Waals surface area contributed by atoms with Gasteiger partial charge in [0.05, 0.1) is 6.04 Å². The molecule has 0 aromatic heterocycles. The van der Waals surface area contributed by atoms with Gasteiger partial charge in [-0.1, -0.05) is 97.1 Å². The normalized spacial score (nSPS) is 12.8. The third-order valence-corrected chi connectivity index (χ3v) is 4.45. The number of ether oxygens (including phenoxy) is 1. The van der Waals surface area contributed by atoms with Gasteiger partial charge in [-0.3, -0.25) is 5.32 Å². The number of alkyl carbamates (subject to hydrolysis) is 1. The number of guanidine groups is 1. The van der Waals surface area contributed by atoms with Crippen LogP contribution in [0.1, 0.15) is 29.7 Å².